The fourth-order valence-electron chi connectivity index (χ4n) is 1.75. The molecule has 0 aromatic heterocycles. The Balaban J connectivity index is 2.79. The summed E-state index contributed by atoms with van der Waals surface area (Å²) < 4.78 is 37.2. The summed E-state index contributed by atoms with van der Waals surface area (Å²) >= 11 is 4.81. The van der Waals surface area contributed by atoms with Crippen LogP contribution in [0.4, 0.5) is 0 Å². The van der Waals surface area contributed by atoms with Crippen molar-refractivity contribution in [1.29, 1.82) is 0 Å². The van der Waals surface area contributed by atoms with E-state index in [-0.39, 0.29) is 6.10 Å². The van der Waals surface area contributed by atoms with Gasteiger partial charge in [-0.3, -0.25) is 4.57 Å². The summed E-state index contributed by atoms with van der Waals surface area (Å²) in [5.41, 5.74) is 0. The van der Waals surface area contributed by atoms with E-state index in [1.54, 1.807) is 0 Å². The van der Waals surface area contributed by atoms with Gasteiger partial charge in [0.05, 0.1) is 12.2 Å². The Morgan fingerprint density at radius 3 is 2.40 bits per heavy atom. The lowest BCUT2D eigenvalue weighted by molar-refractivity contribution is 0.0485. The smallest absolute Gasteiger partial charge is 0.353 e. The minimum atomic E-state index is -3.28. The highest BCUT2D eigenvalue weighted by molar-refractivity contribution is 8.07. The minimum absolute atomic E-state index is 0.0778. The van der Waals surface area contributed by atoms with Gasteiger partial charge in [0, 0.05) is 33.6 Å². The van der Waals surface area contributed by atoms with Gasteiger partial charge in [0.1, 0.15) is 6.10 Å². The zero-order valence-corrected chi connectivity index (χ0v) is 14.4. The minimum Gasteiger partial charge on any atom is -0.368 e. The van der Waals surface area contributed by atoms with Crippen LogP contribution < -0.4 is 0 Å². The number of ether oxygens (including phenoxy) is 1. The molecule has 0 saturated carbocycles. The molecule has 0 spiro atoms. The molecule has 0 aromatic rings. The molecule has 1 unspecified atom stereocenters. The first-order chi connectivity index (χ1) is 9.25. The SMILES string of the molecule is COP(=O)(/C=C/[C@H]1O[C@@H](C)C[C@@H]1OP(O)(=S)OC)OC. The van der Waals surface area contributed by atoms with Gasteiger partial charge in [0.25, 0.3) is 0 Å². The summed E-state index contributed by atoms with van der Waals surface area (Å²) in [6, 6.07) is 0. The van der Waals surface area contributed by atoms with Crippen molar-refractivity contribution in [3.8, 4) is 0 Å². The van der Waals surface area contributed by atoms with Crippen molar-refractivity contribution in [2.45, 2.75) is 31.7 Å². The van der Waals surface area contributed by atoms with Gasteiger partial charge < -0.3 is 27.7 Å². The third-order valence-corrected chi connectivity index (χ3v) is 6.05. The summed E-state index contributed by atoms with van der Waals surface area (Å²) in [5.74, 6) is 1.31. The summed E-state index contributed by atoms with van der Waals surface area (Å²) in [5, 5.41) is 0. The molecule has 10 heteroatoms. The van der Waals surface area contributed by atoms with Crippen LogP contribution in [0.1, 0.15) is 13.3 Å². The van der Waals surface area contributed by atoms with Crippen molar-refractivity contribution in [1.82, 2.24) is 0 Å². The van der Waals surface area contributed by atoms with Crippen LogP contribution in [0.2, 0.25) is 0 Å². The molecule has 118 valence electrons. The standard InChI is InChI=1S/C10H20O7P2S/c1-8-7-10(17-19(12,20)15-4)9(16-8)5-6-18(11,13-2)14-3/h5-6,8-10H,7H2,1-4H3,(H,12,20)/b6-5+/t8-,9+,10-,19?/m0/s1. The maximum atomic E-state index is 11.9. The molecule has 1 rings (SSSR count). The largest absolute Gasteiger partial charge is 0.368 e. The Bertz CT molecular complexity index is 433. The Kier molecular flexibility index (Phi) is 6.99. The third kappa shape index (κ3) is 5.30. The van der Waals surface area contributed by atoms with E-state index in [9.17, 15) is 9.46 Å². The first-order valence-corrected chi connectivity index (χ1v) is 10.1. The molecule has 1 aliphatic heterocycles. The lowest BCUT2D eigenvalue weighted by Crippen LogP contribution is -2.21. The van der Waals surface area contributed by atoms with E-state index in [4.69, 9.17) is 34.6 Å². The van der Waals surface area contributed by atoms with Gasteiger partial charge in [-0.05, 0) is 24.8 Å². The first kappa shape index (κ1) is 18.4. The Labute approximate surface area is 124 Å². The van der Waals surface area contributed by atoms with Crippen molar-refractivity contribution in [3.05, 3.63) is 11.9 Å². The molecule has 7 nitrogen and oxygen atoms in total. The van der Waals surface area contributed by atoms with E-state index in [1.165, 1.54) is 33.2 Å². The predicted octanol–water partition coefficient (Wildman–Crippen LogP) is 2.41. The monoisotopic (exact) mass is 346 g/mol. The lowest BCUT2D eigenvalue weighted by atomic mass is 10.1. The van der Waals surface area contributed by atoms with Crippen LogP contribution in [0.5, 0.6) is 0 Å². The summed E-state index contributed by atoms with van der Waals surface area (Å²) in [4.78, 5) is 9.71. The second kappa shape index (κ2) is 7.58. The van der Waals surface area contributed by atoms with Crippen molar-refractivity contribution in [2.75, 3.05) is 21.3 Å². The average Bonchev–Trinajstić information content (AvgIpc) is 2.75. The van der Waals surface area contributed by atoms with Gasteiger partial charge >= 0.3 is 14.3 Å². The van der Waals surface area contributed by atoms with Crippen molar-refractivity contribution in [2.24, 2.45) is 0 Å². The summed E-state index contributed by atoms with van der Waals surface area (Å²) in [6.07, 6.45) is 1.02. The molecule has 1 aliphatic rings. The Hall–Kier alpha value is 0.380. The highest BCUT2D eigenvalue weighted by Crippen LogP contribution is 2.50. The molecule has 0 radical (unpaired) electrons. The van der Waals surface area contributed by atoms with Crippen LogP contribution in [-0.4, -0.2) is 44.5 Å². The molecular weight excluding hydrogens is 326 g/mol. The van der Waals surface area contributed by atoms with Crippen molar-refractivity contribution < 1.29 is 32.3 Å². The maximum Gasteiger partial charge on any atom is 0.353 e. The van der Waals surface area contributed by atoms with E-state index < -0.39 is 26.5 Å². The molecule has 1 saturated heterocycles. The zero-order chi connectivity index (χ0) is 15.4. The van der Waals surface area contributed by atoms with Gasteiger partial charge in [-0.1, -0.05) is 0 Å². The predicted molar refractivity (Wildman–Crippen MR) is 78.1 cm³/mol. The Morgan fingerprint density at radius 2 is 1.90 bits per heavy atom. The molecule has 0 bridgehead atoms. The van der Waals surface area contributed by atoms with E-state index in [1.807, 2.05) is 6.92 Å². The molecule has 4 atom stereocenters. The van der Waals surface area contributed by atoms with Crippen LogP contribution in [-0.2, 0) is 39.2 Å². The molecule has 0 aromatic carbocycles. The molecule has 0 aliphatic carbocycles. The second-order valence-electron chi connectivity index (χ2n) is 4.19. The number of hydrogen-bond donors (Lipinski definition) is 1. The van der Waals surface area contributed by atoms with E-state index >= 15 is 0 Å². The first-order valence-electron chi connectivity index (χ1n) is 5.88. The Morgan fingerprint density at radius 1 is 1.30 bits per heavy atom. The molecule has 1 fully saturated rings. The number of rotatable bonds is 7. The lowest BCUT2D eigenvalue weighted by Gasteiger charge is -2.21. The normalized spacial score (nSPS) is 30.8. The van der Waals surface area contributed by atoms with Gasteiger partial charge in [0.15, 0.2) is 0 Å². The molecule has 1 N–H and O–H groups in total. The number of hydrogen-bond acceptors (Lipinski definition) is 7. The van der Waals surface area contributed by atoms with E-state index in [0.29, 0.717) is 6.42 Å². The molecule has 20 heavy (non-hydrogen) atoms. The van der Waals surface area contributed by atoms with E-state index in [2.05, 4.69) is 0 Å². The van der Waals surface area contributed by atoms with Crippen LogP contribution >= 0.6 is 14.3 Å². The van der Waals surface area contributed by atoms with E-state index in [0.717, 1.165) is 0 Å². The maximum absolute atomic E-state index is 11.9. The highest BCUT2D eigenvalue weighted by Gasteiger charge is 2.36. The van der Waals surface area contributed by atoms with Crippen molar-refractivity contribution in [3.63, 3.8) is 0 Å². The third-order valence-electron chi connectivity index (χ3n) is 2.79. The second-order valence-corrected chi connectivity index (χ2v) is 9.19. The van der Waals surface area contributed by atoms with Crippen LogP contribution in [0, 0.1) is 0 Å². The molecule has 0 amide bonds. The van der Waals surface area contributed by atoms with Crippen LogP contribution in [0.25, 0.3) is 0 Å². The van der Waals surface area contributed by atoms with Crippen LogP contribution in [0.15, 0.2) is 11.9 Å². The van der Waals surface area contributed by atoms with Gasteiger partial charge in [0.2, 0.25) is 0 Å². The van der Waals surface area contributed by atoms with Crippen molar-refractivity contribution >= 4 is 26.1 Å². The van der Waals surface area contributed by atoms with Gasteiger partial charge in [-0.25, -0.2) is 0 Å². The molecule has 1 heterocycles. The zero-order valence-electron chi connectivity index (χ0n) is 11.8. The summed E-state index contributed by atoms with van der Waals surface area (Å²) in [7, 11) is 0.604. The summed E-state index contributed by atoms with van der Waals surface area (Å²) in [6.45, 7) is -1.41. The fourth-order valence-corrected chi connectivity index (χ4v) is 3.48. The fraction of sp³-hybridized carbons (Fsp3) is 0.800. The average molecular weight is 346 g/mol. The van der Waals surface area contributed by atoms with Gasteiger partial charge in [-0.2, -0.15) is 0 Å². The molecular formula is C10H20O7P2S. The quantitative estimate of drug-likeness (QED) is 0.704. The topological polar surface area (TPSA) is 83.5 Å². The highest BCUT2D eigenvalue weighted by atomic mass is 32.5. The van der Waals surface area contributed by atoms with Gasteiger partial charge in [-0.15, -0.1) is 0 Å². The van der Waals surface area contributed by atoms with Crippen LogP contribution in [0.3, 0.4) is 0 Å².